The third-order valence-electron chi connectivity index (χ3n) is 3.87. The Morgan fingerprint density at radius 3 is 1.82 bits per heavy atom. The highest BCUT2D eigenvalue weighted by Crippen LogP contribution is 2.14. The number of likely N-dealkylation sites (N-methyl/N-ethyl adjacent to an activating group) is 1. The van der Waals surface area contributed by atoms with Crippen molar-refractivity contribution in [1.82, 2.24) is 16.0 Å². The lowest BCUT2D eigenvalue weighted by Crippen LogP contribution is -2.36. The van der Waals surface area contributed by atoms with E-state index in [0.29, 0.717) is 19.6 Å². The van der Waals surface area contributed by atoms with Gasteiger partial charge in [0.25, 0.3) is 0 Å². The average molecular weight is 402 g/mol. The average Bonchev–Trinajstić information content (AvgIpc) is 2.63. The third kappa shape index (κ3) is 14.9. The molecule has 0 heterocycles. The molecule has 2 atom stereocenters. The first-order chi connectivity index (χ1) is 13.3. The van der Waals surface area contributed by atoms with E-state index in [1.807, 2.05) is 13.8 Å². The second-order valence-corrected chi connectivity index (χ2v) is 6.63. The molecular formula is C18H34N4O6. The Labute approximate surface area is 166 Å². The zero-order chi connectivity index (χ0) is 21.4. The summed E-state index contributed by atoms with van der Waals surface area (Å²) in [5, 5.41) is 8.12. The maximum Gasteiger partial charge on any atom is 0.246 e. The van der Waals surface area contributed by atoms with Crippen molar-refractivity contribution in [3.8, 4) is 0 Å². The van der Waals surface area contributed by atoms with Crippen LogP contribution in [0.1, 0.15) is 33.6 Å². The Morgan fingerprint density at radius 1 is 0.821 bits per heavy atom. The van der Waals surface area contributed by atoms with Gasteiger partial charge in [-0.05, 0) is 25.2 Å². The standard InChI is InChI=1S/C18H34N4O6/c1-4-14(8-22-18(26)11-27-9-15(19)23)6-13(3)7-21-17(25)12-28-10-16(24)20-5-2/h13-14H,4-12H2,1-3H3,(H2,19,23)(H,20,24)(H,21,25)(H,22,26). The minimum Gasteiger partial charge on any atom is -0.368 e. The molecule has 0 radical (unpaired) electrons. The molecule has 0 aromatic carbocycles. The lowest BCUT2D eigenvalue weighted by atomic mass is 9.93. The summed E-state index contributed by atoms with van der Waals surface area (Å²) in [6.45, 7) is 6.54. The molecule has 0 aliphatic heterocycles. The van der Waals surface area contributed by atoms with E-state index in [9.17, 15) is 19.2 Å². The molecule has 0 aromatic rings. The predicted molar refractivity (Wildman–Crippen MR) is 103 cm³/mol. The van der Waals surface area contributed by atoms with Gasteiger partial charge in [0.2, 0.25) is 23.6 Å². The van der Waals surface area contributed by atoms with E-state index in [0.717, 1.165) is 12.8 Å². The number of hydrogen-bond donors (Lipinski definition) is 4. The van der Waals surface area contributed by atoms with E-state index in [1.54, 1.807) is 6.92 Å². The highest BCUT2D eigenvalue weighted by atomic mass is 16.5. The summed E-state index contributed by atoms with van der Waals surface area (Å²) in [5.41, 5.74) is 4.93. The first-order valence-corrected chi connectivity index (χ1v) is 9.52. The van der Waals surface area contributed by atoms with E-state index >= 15 is 0 Å². The summed E-state index contributed by atoms with van der Waals surface area (Å²) < 4.78 is 9.90. The molecule has 10 heteroatoms. The van der Waals surface area contributed by atoms with Gasteiger partial charge in [-0.15, -0.1) is 0 Å². The van der Waals surface area contributed by atoms with Crippen LogP contribution >= 0.6 is 0 Å². The van der Waals surface area contributed by atoms with Crippen LogP contribution in [0.4, 0.5) is 0 Å². The molecule has 0 aliphatic carbocycles. The van der Waals surface area contributed by atoms with Crippen molar-refractivity contribution in [3.63, 3.8) is 0 Å². The van der Waals surface area contributed by atoms with Crippen molar-refractivity contribution in [2.75, 3.05) is 46.1 Å². The molecule has 0 bridgehead atoms. The molecule has 0 fully saturated rings. The predicted octanol–water partition coefficient (Wildman–Crippen LogP) is -1.07. The fourth-order valence-corrected chi connectivity index (χ4v) is 2.42. The molecule has 162 valence electrons. The van der Waals surface area contributed by atoms with Crippen molar-refractivity contribution in [1.29, 1.82) is 0 Å². The number of nitrogens with two attached hydrogens (primary N) is 1. The first-order valence-electron chi connectivity index (χ1n) is 9.52. The van der Waals surface area contributed by atoms with Crippen molar-refractivity contribution in [2.24, 2.45) is 17.6 Å². The summed E-state index contributed by atoms with van der Waals surface area (Å²) in [4.78, 5) is 45.1. The highest BCUT2D eigenvalue weighted by Gasteiger charge is 2.14. The molecule has 0 saturated heterocycles. The topological polar surface area (TPSA) is 149 Å². The number of carbonyl (C=O) groups is 4. The molecule has 28 heavy (non-hydrogen) atoms. The molecular weight excluding hydrogens is 368 g/mol. The van der Waals surface area contributed by atoms with E-state index in [1.165, 1.54) is 0 Å². The summed E-state index contributed by atoms with van der Waals surface area (Å²) >= 11 is 0. The largest absolute Gasteiger partial charge is 0.368 e. The highest BCUT2D eigenvalue weighted by molar-refractivity contribution is 5.79. The minimum absolute atomic E-state index is 0.141. The number of carbonyl (C=O) groups excluding carboxylic acids is 4. The van der Waals surface area contributed by atoms with Gasteiger partial charge in [0.15, 0.2) is 0 Å². The van der Waals surface area contributed by atoms with E-state index in [4.69, 9.17) is 15.2 Å². The molecule has 2 unspecified atom stereocenters. The van der Waals surface area contributed by atoms with Crippen molar-refractivity contribution >= 4 is 23.6 Å². The van der Waals surface area contributed by atoms with Crippen LogP contribution < -0.4 is 21.7 Å². The van der Waals surface area contributed by atoms with Gasteiger partial charge in [-0.3, -0.25) is 19.2 Å². The molecule has 0 aromatic heterocycles. The minimum atomic E-state index is -0.621. The zero-order valence-corrected chi connectivity index (χ0v) is 17.0. The van der Waals surface area contributed by atoms with Gasteiger partial charge in [0, 0.05) is 19.6 Å². The van der Waals surface area contributed by atoms with Gasteiger partial charge < -0.3 is 31.2 Å². The smallest absolute Gasteiger partial charge is 0.246 e. The van der Waals surface area contributed by atoms with Crippen LogP contribution in [0.2, 0.25) is 0 Å². The van der Waals surface area contributed by atoms with Crippen LogP contribution in [-0.2, 0) is 28.7 Å². The van der Waals surface area contributed by atoms with Crippen LogP contribution in [0.5, 0.6) is 0 Å². The normalized spacial score (nSPS) is 12.7. The van der Waals surface area contributed by atoms with Crippen molar-refractivity contribution in [3.05, 3.63) is 0 Å². The lowest BCUT2D eigenvalue weighted by Gasteiger charge is -2.20. The molecule has 0 aliphatic rings. The second kappa shape index (κ2) is 15.8. The first kappa shape index (κ1) is 25.8. The SMILES string of the molecule is CCNC(=O)COCC(=O)NCC(C)CC(CC)CNC(=O)COCC(N)=O. The van der Waals surface area contributed by atoms with Crippen LogP contribution in [0.25, 0.3) is 0 Å². The molecule has 0 spiro atoms. The number of rotatable bonds is 16. The number of primary amides is 1. The summed E-state index contributed by atoms with van der Waals surface area (Å²) in [7, 11) is 0. The Balaban J connectivity index is 3.95. The van der Waals surface area contributed by atoms with Crippen molar-refractivity contribution in [2.45, 2.75) is 33.6 Å². The second-order valence-electron chi connectivity index (χ2n) is 6.63. The molecule has 5 N–H and O–H groups in total. The quantitative estimate of drug-likeness (QED) is 0.258. The van der Waals surface area contributed by atoms with Crippen LogP contribution in [0.3, 0.4) is 0 Å². The monoisotopic (exact) mass is 402 g/mol. The maximum absolute atomic E-state index is 11.7. The fourth-order valence-electron chi connectivity index (χ4n) is 2.42. The van der Waals surface area contributed by atoms with E-state index in [-0.39, 0.29) is 56.0 Å². The Hall–Kier alpha value is -2.20. The zero-order valence-electron chi connectivity index (χ0n) is 17.0. The number of amides is 4. The molecule has 10 nitrogen and oxygen atoms in total. The summed E-state index contributed by atoms with van der Waals surface area (Å²) in [5.74, 6) is -0.989. The van der Waals surface area contributed by atoms with E-state index < -0.39 is 5.91 Å². The Kier molecular flexibility index (Phi) is 14.6. The van der Waals surface area contributed by atoms with Gasteiger partial charge in [-0.25, -0.2) is 0 Å². The molecule has 0 rings (SSSR count). The van der Waals surface area contributed by atoms with Crippen LogP contribution in [0.15, 0.2) is 0 Å². The Bertz CT molecular complexity index is 500. The van der Waals surface area contributed by atoms with Crippen LogP contribution in [0, 0.1) is 11.8 Å². The van der Waals surface area contributed by atoms with Crippen LogP contribution in [-0.4, -0.2) is 69.7 Å². The van der Waals surface area contributed by atoms with Crippen molar-refractivity contribution < 1.29 is 28.7 Å². The number of ether oxygens (including phenoxy) is 2. The number of nitrogens with one attached hydrogen (secondary N) is 3. The third-order valence-corrected chi connectivity index (χ3v) is 3.87. The molecule has 0 saturated carbocycles. The number of hydrogen-bond acceptors (Lipinski definition) is 6. The van der Waals surface area contributed by atoms with Gasteiger partial charge in [-0.1, -0.05) is 20.3 Å². The maximum atomic E-state index is 11.7. The summed E-state index contributed by atoms with van der Waals surface area (Å²) in [6.07, 6.45) is 1.69. The van der Waals surface area contributed by atoms with Gasteiger partial charge in [0.05, 0.1) is 0 Å². The lowest BCUT2D eigenvalue weighted by molar-refractivity contribution is -0.131. The van der Waals surface area contributed by atoms with E-state index in [2.05, 4.69) is 16.0 Å². The van der Waals surface area contributed by atoms with Gasteiger partial charge >= 0.3 is 0 Å². The van der Waals surface area contributed by atoms with Gasteiger partial charge in [0.1, 0.15) is 26.4 Å². The Morgan fingerprint density at radius 2 is 1.32 bits per heavy atom. The van der Waals surface area contributed by atoms with Gasteiger partial charge in [-0.2, -0.15) is 0 Å². The summed E-state index contributed by atoms with van der Waals surface area (Å²) in [6, 6.07) is 0. The fraction of sp³-hybridized carbons (Fsp3) is 0.778. The molecule has 4 amide bonds.